The van der Waals surface area contributed by atoms with Gasteiger partial charge in [-0.1, -0.05) is 11.6 Å². The van der Waals surface area contributed by atoms with E-state index >= 15 is 0 Å². The zero-order valence-electron chi connectivity index (χ0n) is 8.34. The van der Waals surface area contributed by atoms with Crippen LogP contribution in [0.15, 0.2) is 6.07 Å². The number of pyridine rings is 1. The van der Waals surface area contributed by atoms with E-state index < -0.39 is 23.7 Å². The molecule has 0 saturated heterocycles. The number of hydrogen-bond donors (Lipinski definition) is 1. The van der Waals surface area contributed by atoms with Gasteiger partial charge in [0.2, 0.25) is 0 Å². The number of carbonyl (C=O) groups is 1. The molecule has 0 fully saturated rings. The van der Waals surface area contributed by atoms with Crippen molar-refractivity contribution in [3.63, 3.8) is 0 Å². The van der Waals surface area contributed by atoms with E-state index in [1.165, 1.54) is 6.07 Å². The van der Waals surface area contributed by atoms with Crippen LogP contribution in [0.5, 0.6) is 0 Å². The Kier molecular flexibility index (Phi) is 4.14. The van der Waals surface area contributed by atoms with Crippen molar-refractivity contribution < 1.29 is 18.3 Å². The van der Waals surface area contributed by atoms with Gasteiger partial charge in [-0.3, -0.25) is 0 Å². The van der Waals surface area contributed by atoms with E-state index in [0.717, 1.165) is 7.11 Å². The summed E-state index contributed by atoms with van der Waals surface area (Å²) in [7, 11) is 1.07. The lowest BCUT2D eigenvalue weighted by atomic mass is 10.1. The first-order valence-electron chi connectivity index (χ1n) is 4.27. The third-order valence-corrected chi connectivity index (χ3v) is 2.12. The second-order valence-electron chi connectivity index (χ2n) is 2.86. The number of halogens is 3. The number of alkyl halides is 2. The van der Waals surface area contributed by atoms with Crippen LogP contribution in [0.2, 0.25) is 5.15 Å². The van der Waals surface area contributed by atoms with Gasteiger partial charge in [0.05, 0.1) is 12.7 Å². The Hall–Kier alpha value is -1.27. The van der Waals surface area contributed by atoms with Crippen molar-refractivity contribution in [3.8, 4) is 0 Å². The van der Waals surface area contributed by atoms with Crippen molar-refractivity contribution in [1.82, 2.24) is 4.98 Å². The minimum absolute atomic E-state index is 0.0785. The summed E-state index contributed by atoms with van der Waals surface area (Å²) in [6.45, 7) is -0.161. The standard InChI is InChI=1S/C9H9ClF2N2O2/c1-16-9(15)7-6(8(11)12)4(3-13)2-5(10)14-7/h2,8H,3,13H2,1H3. The quantitative estimate of drug-likeness (QED) is 0.657. The summed E-state index contributed by atoms with van der Waals surface area (Å²) >= 11 is 5.59. The van der Waals surface area contributed by atoms with Gasteiger partial charge in [0, 0.05) is 6.54 Å². The Balaban J connectivity index is 3.44. The highest BCUT2D eigenvalue weighted by molar-refractivity contribution is 6.29. The monoisotopic (exact) mass is 250 g/mol. The molecule has 16 heavy (non-hydrogen) atoms. The number of carbonyl (C=O) groups excluding carboxylic acids is 1. The van der Waals surface area contributed by atoms with E-state index in [-0.39, 0.29) is 17.3 Å². The average Bonchev–Trinajstić information content (AvgIpc) is 2.26. The van der Waals surface area contributed by atoms with E-state index in [2.05, 4.69) is 9.72 Å². The largest absolute Gasteiger partial charge is 0.464 e. The molecule has 1 rings (SSSR count). The fourth-order valence-electron chi connectivity index (χ4n) is 1.24. The minimum atomic E-state index is -2.86. The normalized spacial score (nSPS) is 10.6. The van der Waals surface area contributed by atoms with Gasteiger partial charge in [-0.15, -0.1) is 0 Å². The Bertz CT molecular complexity index is 413. The SMILES string of the molecule is COC(=O)c1nc(Cl)cc(CN)c1C(F)F. The van der Waals surface area contributed by atoms with Gasteiger partial charge in [-0.05, 0) is 11.6 Å². The molecule has 0 spiro atoms. The van der Waals surface area contributed by atoms with Gasteiger partial charge in [0.1, 0.15) is 5.15 Å². The molecule has 1 aromatic rings. The maximum Gasteiger partial charge on any atom is 0.357 e. The van der Waals surface area contributed by atoms with Crippen LogP contribution in [0.1, 0.15) is 28.0 Å². The molecule has 0 aliphatic carbocycles. The lowest BCUT2D eigenvalue weighted by Crippen LogP contribution is -2.13. The van der Waals surface area contributed by atoms with E-state index in [1.807, 2.05) is 0 Å². The molecule has 4 nitrogen and oxygen atoms in total. The molecular weight excluding hydrogens is 242 g/mol. The molecule has 0 aliphatic heterocycles. The van der Waals surface area contributed by atoms with Crippen molar-refractivity contribution in [1.29, 1.82) is 0 Å². The molecule has 88 valence electrons. The van der Waals surface area contributed by atoms with Gasteiger partial charge in [-0.25, -0.2) is 18.6 Å². The summed E-state index contributed by atoms with van der Waals surface area (Å²) in [6.07, 6.45) is -2.86. The van der Waals surface area contributed by atoms with Crippen LogP contribution in [0.25, 0.3) is 0 Å². The average molecular weight is 251 g/mol. The summed E-state index contributed by atoms with van der Waals surface area (Å²) in [4.78, 5) is 14.8. The van der Waals surface area contributed by atoms with Crippen LogP contribution >= 0.6 is 11.6 Å². The predicted molar refractivity (Wildman–Crippen MR) is 53.4 cm³/mol. The van der Waals surface area contributed by atoms with Crippen LogP contribution in [0.3, 0.4) is 0 Å². The van der Waals surface area contributed by atoms with Crippen molar-refractivity contribution in [2.45, 2.75) is 13.0 Å². The third-order valence-electron chi connectivity index (χ3n) is 1.93. The topological polar surface area (TPSA) is 65.2 Å². The summed E-state index contributed by atoms with van der Waals surface area (Å²) in [5, 5.41) is -0.0785. The number of nitrogens with zero attached hydrogens (tertiary/aromatic N) is 1. The second-order valence-corrected chi connectivity index (χ2v) is 3.25. The molecule has 0 unspecified atom stereocenters. The fourth-order valence-corrected chi connectivity index (χ4v) is 1.45. The molecule has 0 bridgehead atoms. The molecule has 0 radical (unpaired) electrons. The highest BCUT2D eigenvalue weighted by atomic mass is 35.5. The third kappa shape index (κ3) is 2.45. The van der Waals surface area contributed by atoms with Crippen LogP contribution < -0.4 is 5.73 Å². The van der Waals surface area contributed by atoms with Crippen LogP contribution in [-0.2, 0) is 11.3 Å². The molecule has 7 heteroatoms. The number of hydrogen-bond acceptors (Lipinski definition) is 4. The Morgan fingerprint density at radius 1 is 1.69 bits per heavy atom. The predicted octanol–water partition coefficient (Wildman–Crippen LogP) is 1.92. The maximum atomic E-state index is 12.8. The van der Waals surface area contributed by atoms with Gasteiger partial charge in [0.15, 0.2) is 5.69 Å². The number of rotatable bonds is 3. The molecule has 0 aliphatic rings. The van der Waals surface area contributed by atoms with Crippen LogP contribution in [-0.4, -0.2) is 18.1 Å². The smallest absolute Gasteiger partial charge is 0.357 e. The number of nitrogens with two attached hydrogens (primary N) is 1. The highest BCUT2D eigenvalue weighted by Crippen LogP contribution is 2.28. The molecule has 0 saturated carbocycles. The van der Waals surface area contributed by atoms with E-state index in [9.17, 15) is 13.6 Å². The molecule has 2 N–H and O–H groups in total. The summed E-state index contributed by atoms with van der Waals surface area (Å²) < 4.78 is 29.9. The summed E-state index contributed by atoms with van der Waals surface area (Å²) in [6, 6.07) is 1.20. The van der Waals surface area contributed by atoms with Gasteiger partial charge < -0.3 is 10.5 Å². The lowest BCUT2D eigenvalue weighted by Gasteiger charge is -2.11. The maximum absolute atomic E-state index is 12.8. The van der Waals surface area contributed by atoms with Gasteiger partial charge >= 0.3 is 5.97 Å². The number of esters is 1. The molecular formula is C9H9ClF2N2O2. The number of aromatic nitrogens is 1. The molecule has 0 amide bonds. The Morgan fingerprint density at radius 3 is 2.75 bits per heavy atom. The molecule has 1 heterocycles. The Morgan fingerprint density at radius 2 is 2.31 bits per heavy atom. The first kappa shape index (κ1) is 12.8. The number of ether oxygens (including phenoxy) is 1. The molecule has 1 aromatic heterocycles. The highest BCUT2D eigenvalue weighted by Gasteiger charge is 2.24. The number of methoxy groups -OCH3 is 1. The molecule has 0 atom stereocenters. The van der Waals surface area contributed by atoms with Crippen molar-refractivity contribution in [3.05, 3.63) is 28.0 Å². The molecule has 0 aromatic carbocycles. The van der Waals surface area contributed by atoms with Crippen molar-refractivity contribution in [2.75, 3.05) is 7.11 Å². The first-order valence-corrected chi connectivity index (χ1v) is 4.64. The van der Waals surface area contributed by atoms with Crippen molar-refractivity contribution in [2.24, 2.45) is 5.73 Å². The minimum Gasteiger partial charge on any atom is -0.464 e. The first-order chi connectivity index (χ1) is 7.51. The van der Waals surface area contributed by atoms with Gasteiger partial charge in [-0.2, -0.15) is 0 Å². The lowest BCUT2D eigenvalue weighted by molar-refractivity contribution is 0.0581. The van der Waals surface area contributed by atoms with Crippen LogP contribution in [0, 0.1) is 0 Å². The summed E-state index contributed by atoms with van der Waals surface area (Å²) in [5.41, 5.74) is 4.35. The van der Waals surface area contributed by atoms with E-state index in [0.29, 0.717) is 0 Å². The van der Waals surface area contributed by atoms with E-state index in [4.69, 9.17) is 17.3 Å². The van der Waals surface area contributed by atoms with E-state index in [1.54, 1.807) is 0 Å². The Labute approximate surface area is 95.4 Å². The fraction of sp³-hybridized carbons (Fsp3) is 0.333. The zero-order chi connectivity index (χ0) is 12.3. The zero-order valence-corrected chi connectivity index (χ0v) is 9.09. The van der Waals surface area contributed by atoms with Crippen molar-refractivity contribution >= 4 is 17.6 Å². The van der Waals surface area contributed by atoms with Gasteiger partial charge in [0.25, 0.3) is 6.43 Å². The van der Waals surface area contributed by atoms with Crippen LogP contribution in [0.4, 0.5) is 8.78 Å². The summed E-state index contributed by atoms with van der Waals surface area (Å²) in [5.74, 6) is -0.965. The second kappa shape index (κ2) is 5.18.